The molecule has 0 radical (unpaired) electrons. The molecule has 1 aliphatic carbocycles. The van der Waals surface area contributed by atoms with Crippen LogP contribution in [-0.4, -0.2) is 410 Å². The number of ether oxygens (including phenoxy) is 8. The molecule has 1 aliphatic rings. The molecule has 0 heterocycles. The first kappa shape index (κ1) is 101. The van der Waals surface area contributed by atoms with Gasteiger partial charge in [-0.1, -0.05) is 27.7 Å². The van der Waals surface area contributed by atoms with E-state index in [1.807, 2.05) is 221 Å². The molecule has 32 heteroatoms. The van der Waals surface area contributed by atoms with Crippen molar-refractivity contribution in [2.75, 3.05) is 327 Å². The van der Waals surface area contributed by atoms with Gasteiger partial charge in [0, 0.05) is 92.4 Å². The summed E-state index contributed by atoms with van der Waals surface area (Å²) in [7, 11) is 48.5. The lowest BCUT2D eigenvalue weighted by Crippen LogP contribution is -2.42. The molecule has 120 heavy (non-hydrogen) atoms. The van der Waals surface area contributed by atoms with Gasteiger partial charge >= 0.3 is 0 Å². The summed E-state index contributed by atoms with van der Waals surface area (Å²) in [5, 5.41) is 24.1. The molecule has 0 saturated carbocycles. The first-order chi connectivity index (χ1) is 55.4. The number of quaternary nitrogens is 8. The smallest absolute Gasteiger partial charge is 0.258 e. The number of carbonyl (C=O) groups is 8. The molecule has 5 rings (SSSR count). The average Bonchev–Trinajstić information content (AvgIpc) is 0.751. The molecule has 0 spiro atoms. The van der Waals surface area contributed by atoms with Crippen LogP contribution >= 0.6 is 0 Å². The van der Waals surface area contributed by atoms with E-state index < -0.39 is 124 Å². The minimum Gasteiger partial charge on any atom is -0.483 e. The normalized spacial score (nSPS) is 15.2. The third-order valence-corrected chi connectivity index (χ3v) is 20.0. The summed E-state index contributed by atoms with van der Waals surface area (Å²) in [5.41, 5.74) is 3.77. The van der Waals surface area contributed by atoms with Crippen LogP contribution in [0, 0.1) is 0 Å². The average molecular weight is 1690 g/mol. The van der Waals surface area contributed by atoms with Crippen LogP contribution in [-0.2, 0) is 38.4 Å². The first-order valence-corrected chi connectivity index (χ1v) is 41.7. The lowest BCUT2D eigenvalue weighted by molar-refractivity contribution is -0.869. The molecule has 4 aromatic rings. The largest absolute Gasteiger partial charge is 0.483 e. The van der Waals surface area contributed by atoms with Gasteiger partial charge in [0.15, 0.2) is 52.9 Å². The molecule has 0 saturated heterocycles. The van der Waals surface area contributed by atoms with Gasteiger partial charge in [-0.15, -0.1) is 0 Å². The summed E-state index contributed by atoms with van der Waals surface area (Å²) in [5.74, 6) is -5.39. The lowest BCUT2D eigenvalue weighted by atomic mass is 9.80. The fraction of sp³-hybridized carbons (Fsp3) is 0.636. The van der Waals surface area contributed by atoms with Crippen molar-refractivity contribution in [3.8, 4) is 46.0 Å². The Bertz CT molecular complexity index is 3340. The predicted octanol–water partition coefficient (Wildman–Crippen LogP) is 2.22. The number of nitrogens with zero attached hydrogens (tertiary/aromatic N) is 8. The third kappa shape index (κ3) is 37.8. The Balaban J connectivity index is 2.11. The van der Waals surface area contributed by atoms with Gasteiger partial charge in [0.25, 0.3) is 47.3 Å². The minimum absolute atomic E-state index is 0.170. The minimum atomic E-state index is -0.847. The molecule has 0 atom stereocenters. The van der Waals surface area contributed by atoms with Crippen molar-refractivity contribution in [2.45, 2.75) is 51.4 Å². The van der Waals surface area contributed by atoms with E-state index in [2.05, 4.69) is 42.5 Å². The van der Waals surface area contributed by atoms with Crippen molar-refractivity contribution >= 4 is 47.3 Å². The predicted molar refractivity (Wildman–Crippen MR) is 467 cm³/mol. The first-order valence-electron chi connectivity index (χ1n) is 41.7. The van der Waals surface area contributed by atoms with Crippen molar-refractivity contribution in [3.63, 3.8) is 0 Å². The summed E-state index contributed by atoms with van der Waals surface area (Å²) < 4.78 is 59.0. The molecule has 0 fully saturated rings. The zero-order valence-corrected chi connectivity index (χ0v) is 78.0. The molecule has 0 unspecified atom stereocenters. The van der Waals surface area contributed by atoms with E-state index in [1.54, 1.807) is 24.3 Å². The van der Waals surface area contributed by atoms with Crippen LogP contribution in [0.25, 0.3) is 0 Å². The fourth-order valence-electron chi connectivity index (χ4n) is 12.6. The Kier molecular flexibility index (Phi) is 37.6. The SMILES string of the molecule is CC1c2cc(c(OCC(=O)NCC[N+](C)(C)C)cc2OCC(=O)NCC[N+](C)(C)C)C(C)c2cc(c(OCC(=O)NCC[N+](C)(C)C)cc2OCC(=O)NCC[N+](C)(C)C)C(C)c2cc(c(OCC(=O)NCC[N+](C)(C)C)cc2OCC(=O)NCC[N+](C)(C)C)C(C)c2cc1c(OCC(=O)NCC[N+](C)(C)C)cc2OCC(=O)NCC[N+](C)(C)C. The van der Waals surface area contributed by atoms with Crippen molar-refractivity contribution < 1.29 is 112 Å². The summed E-state index contributed by atoms with van der Waals surface area (Å²) in [6, 6.07) is 14.2. The summed E-state index contributed by atoms with van der Waals surface area (Å²) in [6.07, 6.45) is 0. The van der Waals surface area contributed by atoms with Crippen molar-refractivity contribution in [1.82, 2.24) is 42.5 Å². The Hall–Kier alpha value is -9.28. The van der Waals surface area contributed by atoms with Gasteiger partial charge in [0.05, 0.1) is 274 Å². The van der Waals surface area contributed by atoms with Gasteiger partial charge in [0.2, 0.25) is 0 Å². The molecule has 672 valence electrons. The number of rotatable bonds is 48. The van der Waals surface area contributed by atoms with Gasteiger partial charge in [-0.3, -0.25) is 38.4 Å². The van der Waals surface area contributed by atoms with Gasteiger partial charge in [-0.05, 0) is 24.3 Å². The van der Waals surface area contributed by atoms with Crippen molar-refractivity contribution in [3.05, 3.63) is 93.0 Å². The molecular weight excluding hydrogens is 1540 g/mol. The van der Waals surface area contributed by atoms with Crippen LogP contribution in [0.3, 0.4) is 0 Å². The number of carbonyl (C=O) groups excluding carboxylic acids is 8. The monoisotopic (exact) mass is 1690 g/mol. The number of hydrogen-bond acceptors (Lipinski definition) is 16. The summed E-state index contributed by atoms with van der Waals surface area (Å²) in [6.45, 7) is 11.5. The van der Waals surface area contributed by atoms with Crippen LogP contribution in [0.2, 0.25) is 0 Å². The van der Waals surface area contributed by atoms with Crippen LogP contribution in [0.15, 0.2) is 48.5 Å². The third-order valence-electron chi connectivity index (χ3n) is 20.0. The molecule has 0 aromatic heterocycles. The van der Waals surface area contributed by atoms with Gasteiger partial charge < -0.3 is 116 Å². The zero-order chi connectivity index (χ0) is 90.1. The Labute approximate surface area is 715 Å². The molecular formula is C88H152N16O16+8. The molecule has 4 aromatic carbocycles. The van der Waals surface area contributed by atoms with E-state index in [0.717, 1.165) is 0 Å². The van der Waals surface area contributed by atoms with Gasteiger partial charge in [-0.2, -0.15) is 0 Å². The van der Waals surface area contributed by atoms with Crippen LogP contribution in [0.4, 0.5) is 0 Å². The Morgan fingerprint density at radius 2 is 0.300 bits per heavy atom. The van der Waals surface area contributed by atoms with Crippen LogP contribution in [0.5, 0.6) is 46.0 Å². The van der Waals surface area contributed by atoms with Crippen molar-refractivity contribution in [1.29, 1.82) is 0 Å². The molecule has 32 nitrogen and oxygen atoms in total. The van der Waals surface area contributed by atoms with E-state index in [1.165, 1.54) is 0 Å². The number of benzene rings is 4. The highest BCUT2D eigenvalue weighted by atomic mass is 16.5. The summed E-state index contributed by atoms with van der Waals surface area (Å²) >= 11 is 0. The second-order valence-electron chi connectivity index (χ2n) is 39.8. The highest BCUT2D eigenvalue weighted by Crippen LogP contribution is 2.51. The Morgan fingerprint density at radius 3 is 0.392 bits per heavy atom. The van der Waals surface area contributed by atoms with Crippen molar-refractivity contribution in [2.24, 2.45) is 0 Å². The van der Waals surface area contributed by atoms with Gasteiger partial charge in [-0.25, -0.2) is 0 Å². The maximum atomic E-state index is 14.2. The standard InChI is InChI=1S/C88H144N16O16/c1-61-65-45-67(75(115-55-83(107)91-31-39-99(11,12)13)49-73(65)113-53-81(105)89-29-37-97(5,6)7)62(2)69-47-71(79(119-59-87(111)95-35-43-103(23,24)25)51-77(69)117-57-85(109)93-33-41-101(17,18)19)64(4)72-48-70(78(118-58-86(110)94-34-42-102(20,21)22)52-80(72)120-60-88(112)96-36-44-104(26,27)28)63(3)68-46-66(61)74(114-54-82(106)90-30-38-98(8,9)10)50-76(68)116-56-84(108)92-32-40-100(14,15)16/h45-52,61-64H,29-44,53-60H2,1-28H3/p+8. The van der Waals surface area contributed by atoms with E-state index in [9.17, 15) is 38.4 Å². The molecule has 8 amide bonds. The highest BCUT2D eigenvalue weighted by Gasteiger charge is 2.34. The maximum absolute atomic E-state index is 14.2. The van der Waals surface area contributed by atoms with Crippen LogP contribution < -0.4 is 80.4 Å². The van der Waals surface area contributed by atoms with E-state index in [4.69, 9.17) is 37.9 Å². The lowest BCUT2D eigenvalue weighted by Gasteiger charge is -2.30. The molecule has 8 N–H and O–H groups in total. The number of nitrogens with one attached hydrogen (secondary N) is 8. The quantitative estimate of drug-likeness (QED) is 0.0294. The molecule has 8 bridgehead atoms. The van der Waals surface area contributed by atoms with E-state index in [-0.39, 0.29) is 46.0 Å². The highest BCUT2D eigenvalue weighted by molar-refractivity contribution is 5.81. The topological polar surface area (TPSA) is 307 Å². The van der Waals surface area contributed by atoms with Crippen LogP contribution in [0.1, 0.15) is 95.9 Å². The zero-order valence-electron chi connectivity index (χ0n) is 78.0. The maximum Gasteiger partial charge on any atom is 0.258 e. The summed E-state index contributed by atoms with van der Waals surface area (Å²) in [4.78, 5) is 114. The number of hydrogen-bond donors (Lipinski definition) is 8. The number of fused-ring (bicyclic) bond motifs is 8. The second kappa shape index (κ2) is 44.5. The van der Waals surface area contributed by atoms with Gasteiger partial charge in [0.1, 0.15) is 46.0 Å². The second-order valence-corrected chi connectivity index (χ2v) is 39.8. The fourth-order valence-corrected chi connectivity index (χ4v) is 12.6. The number of likely N-dealkylation sites (N-methyl/N-ethyl adjacent to an activating group) is 8. The molecule has 0 aliphatic heterocycles. The van der Waals surface area contributed by atoms with E-state index >= 15 is 0 Å². The number of amides is 8. The van der Waals surface area contributed by atoms with E-state index in [0.29, 0.717) is 185 Å². The Morgan fingerprint density at radius 1 is 0.200 bits per heavy atom.